The van der Waals surface area contributed by atoms with Crippen molar-refractivity contribution in [2.75, 3.05) is 13.7 Å². The molecule has 0 aliphatic heterocycles. The summed E-state index contributed by atoms with van der Waals surface area (Å²) in [5, 5.41) is 1.77. The average Bonchev–Trinajstić information content (AvgIpc) is 3.14. The predicted molar refractivity (Wildman–Crippen MR) is 121 cm³/mol. The van der Waals surface area contributed by atoms with Crippen LogP contribution in [0.4, 0.5) is 0 Å². The van der Waals surface area contributed by atoms with Crippen molar-refractivity contribution in [3.05, 3.63) is 70.5 Å². The number of carbonyl (C=O) groups is 1. The second kappa shape index (κ2) is 8.78. The zero-order valence-electron chi connectivity index (χ0n) is 18.2. The highest BCUT2D eigenvalue weighted by Gasteiger charge is 2.21. The van der Waals surface area contributed by atoms with Gasteiger partial charge in [-0.25, -0.2) is 9.78 Å². The van der Waals surface area contributed by atoms with Crippen molar-refractivity contribution in [2.24, 2.45) is 0 Å². The summed E-state index contributed by atoms with van der Waals surface area (Å²) in [6.45, 7) is 6.93. The van der Waals surface area contributed by atoms with E-state index in [2.05, 4.69) is 42.0 Å². The Morgan fingerprint density at radius 3 is 2.61 bits per heavy atom. The molecule has 0 radical (unpaired) electrons. The number of hydrogen-bond donors (Lipinski definition) is 1. The van der Waals surface area contributed by atoms with E-state index in [0.717, 1.165) is 33.1 Å². The lowest BCUT2D eigenvalue weighted by Crippen LogP contribution is -2.11. The van der Waals surface area contributed by atoms with Crippen LogP contribution in [0.15, 0.2) is 42.6 Å². The van der Waals surface area contributed by atoms with E-state index in [9.17, 15) is 4.79 Å². The second-order valence-electron chi connectivity index (χ2n) is 7.54. The first kappa shape index (κ1) is 20.9. The van der Waals surface area contributed by atoms with Gasteiger partial charge in [-0.05, 0) is 49.6 Å². The number of methoxy groups -OCH3 is 1. The normalized spacial score (nSPS) is 11.2. The molecule has 31 heavy (non-hydrogen) atoms. The first-order valence-electron chi connectivity index (χ1n) is 10.3. The number of rotatable bonds is 7. The van der Waals surface area contributed by atoms with Gasteiger partial charge in [0.25, 0.3) is 0 Å². The van der Waals surface area contributed by atoms with E-state index in [1.807, 2.05) is 18.2 Å². The maximum absolute atomic E-state index is 12.5. The number of nitrogens with zero attached hydrogens (tertiary/aromatic N) is 1. The van der Waals surface area contributed by atoms with Crippen molar-refractivity contribution in [1.82, 2.24) is 9.97 Å². The Balaban J connectivity index is 1.83. The molecule has 160 valence electrons. The Morgan fingerprint density at radius 1 is 1.03 bits per heavy atom. The highest BCUT2D eigenvalue weighted by molar-refractivity contribution is 6.13. The van der Waals surface area contributed by atoms with Crippen LogP contribution in [0.1, 0.15) is 39.7 Å². The first-order valence-corrected chi connectivity index (χ1v) is 10.3. The van der Waals surface area contributed by atoms with Crippen molar-refractivity contribution in [1.29, 1.82) is 0 Å². The van der Waals surface area contributed by atoms with Crippen molar-refractivity contribution in [3.8, 4) is 5.75 Å². The summed E-state index contributed by atoms with van der Waals surface area (Å²) in [5.74, 6) is 0.277. The van der Waals surface area contributed by atoms with E-state index in [-0.39, 0.29) is 18.9 Å². The number of carbonyl (C=O) groups excluding carboxylic acids is 1. The third kappa shape index (κ3) is 3.99. The lowest BCUT2D eigenvalue weighted by molar-refractivity contribution is 0.0514. The lowest BCUT2D eigenvalue weighted by Gasteiger charge is -2.12. The van der Waals surface area contributed by atoms with Gasteiger partial charge in [-0.3, -0.25) is 0 Å². The largest absolute Gasteiger partial charge is 0.488 e. The Labute approximate surface area is 181 Å². The molecular formula is C25H26N2O4. The molecule has 2 heterocycles. The molecule has 0 atom stereocenters. The molecule has 1 N–H and O–H groups in total. The van der Waals surface area contributed by atoms with E-state index < -0.39 is 5.97 Å². The smallest absolute Gasteiger partial charge is 0.357 e. The standard InChI is InChI=1S/C25H26N2O4/c1-5-30-25(28)24-18(14-29-4)22-20(12-26-24)27-19-7-6-8-21(23(19)22)31-13-17-10-9-15(2)16(3)11-17/h6-12,27H,5,13-14H2,1-4H3. The van der Waals surface area contributed by atoms with E-state index in [1.165, 1.54) is 11.1 Å². The van der Waals surface area contributed by atoms with Crippen LogP contribution in [0.3, 0.4) is 0 Å². The lowest BCUT2D eigenvalue weighted by atomic mass is 10.0. The van der Waals surface area contributed by atoms with Crippen LogP contribution < -0.4 is 4.74 Å². The number of aromatic amines is 1. The molecule has 6 heteroatoms. The van der Waals surface area contributed by atoms with E-state index in [0.29, 0.717) is 12.2 Å². The number of hydrogen-bond acceptors (Lipinski definition) is 5. The number of benzene rings is 2. The SMILES string of the molecule is CCOC(=O)c1ncc2[nH]c3cccc(OCc4ccc(C)c(C)c4)c3c2c1COC. The average molecular weight is 418 g/mol. The summed E-state index contributed by atoms with van der Waals surface area (Å²) in [5.41, 5.74) is 6.27. The van der Waals surface area contributed by atoms with Gasteiger partial charge < -0.3 is 19.2 Å². The topological polar surface area (TPSA) is 73.4 Å². The molecule has 0 aliphatic carbocycles. The van der Waals surface area contributed by atoms with Crippen molar-refractivity contribution >= 4 is 27.8 Å². The number of ether oxygens (including phenoxy) is 3. The maximum atomic E-state index is 12.5. The minimum Gasteiger partial charge on any atom is -0.488 e. The summed E-state index contributed by atoms with van der Waals surface area (Å²) in [6, 6.07) is 12.2. The molecule has 0 amide bonds. The quantitative estimate of drug-likeness (QED) is 0.416. The zero-order valence-corrected chi connectivity index (χ0v) is 18.2. The third-order valence-electron chi connectivity index (χ3n) is 5.45. The van der Waals surface area contributed by atoms with Gasteiger partial charge in [0.1, 0.15) is 12.4 Å². The van der Waals surface area contributed by atoms with Gasteiger partial charge in [-0.15, -0.1) is 0 Å². The molecule has 0 saturated carbocycles. The number of fused-ring (bicyclic) bond motifs is 3. The molecule has 2 aromatic heterocycles. The molecule has 0 fully saturated rings. The Kier molecular flexibility index (Phi) is 5.91. The summed E-state index contributed by atoms with van der Waals surface area (Å²) >= 11 is 0. The molecule has 0 unspecified atom stereocenters. The van der Waals surface area contributed by atoms with E-state index in [1.54, 1.807) is 20.2 Å². The van der Waals surface area contributed by atoms with Crippen LogP contribution in [0.25, 0.3) is 21.8 Å². The molecule has 4 rings (SSSR count). The van der Waals surface area contributed by atoms with Crippen LogP contribution in [0.2, 0.25) is 0 Å². The van der Waals surface area contributed by atoms with E-state index in [4.69, 9.17) is 14.2 Å². The number of aromatic nitrogens is 2. The fraction of sp³-hybridized carbons (Fsp3) is 0.280. The molecular weight excluding hydrogens is 392 g/mol. The Morgan fingerprint density at radius 2 is 1.87 bits per heavy atom. The summed E-state index contributed by atoms with van der Waals surface area (Å²) in [4.78, 5) is 20.2. The number of esters is 1. The van der Waals surface area contributed by atoms with E-state index >= 15 is 0 Å². The minimum absolute atomic E-state index is 0.233. The number of aryl methyl sites for hydroxylation is 2. The Bertz CT molecular complexity index is 1260. The number of pyridine rings is 1. The van der Waals surface area contributed by atoms with Gasteiger partial charge in [-0.1, -0.05) is 24.3 Å². The maximum Gasteiger partial charge on any atom is 0.357 e. The van der Waals surface area contributed by atoms with Gasteiger partial charge in [-0.2, -0.15) is 0 Å². The van der Waals surface area contributed by atoms with Crippen LogP contribution >= 0.6 is 0 Å². The fourth-order valence-electron chi connectivity index (χ4n) is 3.81. The van der Waals surface area contributed by atoms with Gasteiger partial charge >= 0.3 is 5.97 Å². The first-order chi connectivity index (χ1) is 15.0. The predicted octanol–water partition coefficient (Wildman–Crippen LogP) is 5.24. The highest BCUT2D eigenvalue weighted by atomic mass is 16.5. The van der Waals surface area contributed by atoms with Crippen LogP contribution in [-0.2, 0) is 22.7 Å². The second-order valence-corrected chi connectivity index (χ2v) is 7.54. The van der Waals surface area contributed by atoms with Gasteiger partial charge in [0.05, 0.1) is 30.4 Å². The zero-order chi connectivity index (χ0) is 22.0. The summed E-state index contributed by atoms with van der Waals surface area (Å²) in [7, 11) is 1.60. The number of H-pyrrole nitrogens is 1. The molecule has 0 bridgehead atoms. The van der Waals surface area contributed by atoms with Crippen molar-refractivity contribution < 1.29 is 19.0 Å². The number of nitrogens with one attached hydrogen (secondary N) is 1. The summed E-state index contributed by atoms with van der Waals surface area (Å²) < 4.78 is 16.9. The van der Waals surface area contributed by atoms with Crippen LogP contribution in [0.5, 0.6) is 5.75 Å². The third-order valence-corrected chi connectivity index (χ3v) is 5.45. The minimum atomic E-state index is -0.459. The molecule has 2 aromatic carbocycles. The van der Waals surface area contributed by atoms with Crippen molar-refractivity contribution in [2.45, 2.75) is 34.0 Å². The molecule has 0 saturated heterocycles. The summed E-state index contributed by atoms with van der Waals surface area (Å²) in [6.07, 6.45) is 1.66. The monoisotopic (exact) mass is 418 g/mol. The van der Waals surface area contributed by atoms with Gasteiger partial charge in [0, 0.05) is 23.4 Å². The van der Waals surface area contributed by atoms with Gasteiger partial charge in [0.2, 0.25) is 0 Å². The molecule has 4 aromatic rings. The molecule has 0 spiro atoms. The molecule has 0 aliphatic rings. The van der Waals surface area contributed by atoms with Crippen LogP contribution in [0, 0.1) is 13.8 Å². The molecule has 6 nitrogen and oxygen atoms in total. The fourth-order valence-corrected chi connectivity index (χ4v) is 3.81. The van der Waals surface area contributed by atoms with Crippen molar-refractivity contribution in [3.63, 3.8) is 0 Å². The highest BCUT2D eigenvalue weighted by Crippen LogP contribution is 2.36. The van der Waals surface area contributed by atoms with Gasteiger partial charge in [0.15, 0.2) is 5.69 Å². The van der Waals surface area contributed by atoms with Crippen LogP contribution in [-0.4, -0.2) is 29.7 Å². The Hall–Kier alpha value is -3.38.